The van der Waals surface area contributed by atoms with E-state index in [1.807, 2.05) is 211 Å². The zero-order valence-corrected chi connectivity index (χ0v) is 50.1. The minimum Gasteiger partial charge on any atom is -0.356 e. The van der Waals surface area contributed by atoms with Gasteiger partial charge in [0.1, 0.15) is 0 Å². The third-order valence-corrected chi connectivity index (χ3v) is 12.1. The van der Waals surface area contributed by atoms with E-state index in [0.717, 1.165) is 90.1 Å². The van der Waals surface area contributed by atoms with Crippen molar-refractivity contribution in [2.24, 2.45) is 0 Å². The van der Waals surface area contributed by atoms with E-state index in [1.165, 1.54) is 0 Å². The summed E-state index contributed by atoms with van der Waals surface area (Å²) in [5, 5.41) is 18.8. The summed E-state index contributed by atoms with van der Waals surface area (Å²) in [5.74, 6) is -0.492. The van der Waals surface area contributed by atoms with E-state index in [9.17, 15) is 19.2 Å². The maximum atomic E-state index is 12.9. The van der Waals surface area contributed by atoms with Gasteiger partial charge in [0, 0.05) is 151 Å². The van der Waals surface area contributed by atoms with Crippen molar-refractivity contribution in [3.05, 3.63) is 246 Å². The molecular formula is C60H67N6Nd2O4-. The maximum absolute atomic E-state index is 12.9. The molecule has 0 radical (unpaired) electrons. The van der Waals surface area contributed by atoms with Crippen molar-refractivity contribution >= 4 is 23.6 Å². The molecule has 0 saturated carbocycles. The summed E-state index contributed by atoms with van der Waals surface area (Å²) in [7, 11) is 0. The summed E-state index contributed by atoms with van der Waals surface area (Å²) in [6, 6.07) is 35.8. The predicted octanol–water partition coefficient (Wildman–Crippen LogP) is 11.7. The van der Waals surface area contributed by atoms with Crippen LogP contribution in [0, 0.1) is 143 Å². The molecule has 0 spiro atoms. The molecule has 0 unspecified atom stereocenters. The Bertz CT molecular complexity index is 2690. The number of carbonyl (C=O) groups excluding carboxylic acids is 4. The number of amides is 4. The first-order valence-electron chi connectivity index (χ1n) is 23.5. The molecule has 5 aromatic carbocycles. The molecule has 0 atom stereocenters. The van der Waals surface area contributed by atoms with Crippen molar-refractivity contribution in [1.82, 2.24) is 31.9 Å². The normalized spacial score (nSPS) is 15.1. The van der Waals surface area contributed by atoms with Crippen molar-refractivity contribution in [3.63, 3.8) is 0 Å². The van der Waals surface area contributed by atoms with Crippen LogP contribution in [0.5, 0.6) is 0 Å². The van der Waals surface area contributed by atoms with Crippen LogP contribution in [0.2, 0.25) is 0 Å². The summed E-state index contributed by atoms with van der Waals surface area (Å²) in [6.07, 6.45) is 9.27. The zero-order valence-electron chi connectivity index (χ0n) is 43.7. The molecule has 10 nitrogen and oxygen atoms in total. The van der Waals surface area contributed by atoms with Crippen LogP contribution in [0.1, 0.15) is 126 Å². The van der Waals surface area contributed by atoms with Gasteiger partial charge in [-0.15, -0.1) is 0 Å². The van der Waals surface area contributed by atoms with Crippen molar-refractivity contribution in [2.75, 3.05) is 0 Å². The third kappa shape index (κ3) is 16.9. The molecule has 72 heavy (non-hydrogen) atoms. The average molecular weight is 1220 g/mol. The van der Waals surface area contributed by atoms with Gasteiger partial charge in [0.2, 0.25) is 0 Å². The molecule has 0 bridgehead atoms. The molecule has 2 heterocycles. The number of hydrogen-bond donors (Lipinski definition) is 6. The molecule has 2 aliphatic heterocycles. The molecule has 4 amide bonds. The molecular weight excluding hydrogens is 1160 g/mol. The molecule has 0 aliphatic carbocycles. The van der Waals surface area contributed by atoms with E-state index < -0.39 is 0 Å². The summed E-state index contributed by atoms with van der Waals surface area (Å²) < 4.78 is 0. The Morgan fingerprint density at radius 2 is 0.639 bits per heavy atom. The largest absolute Gasteiger partial charge is 0.356 e. The second-order valence-electron chi connectivity index (χ2n) is 17.7. The fourth-order valence-electron chi connectivity index (χ4n) is 8.28. The van der Waals surface area contributed by atoms with Crippen LogP contribution in [0.15, 0.2) is 173 Å². The van der Waals surface area contributed by atoms with Crippen LogP contribution < -0.4 is 31.9 Å². The number of rotatable bonds is 8. The van der Waals surface area contributed by atoms with E-state index in [1.54, 1.807) is 0 Å². The van der Waals surface area contributed by atoms with Crippen LogP contribution in [-0.2, 0) is 0 Å². The Labute approximate surface area is 492 Å². The predicted molar refractivity (Wildman–Crippen MR) is 283 cm³/mol. The molecule has 0 aromatic heterocycles. The van der Waals surface area contributed by atoms with Gasteiger partial charge >= 0.3 is 0 Å². The smallest absolute Gasteiger partial charge is 0.256 e. The topological polar surface area (TPSA) is 140 Å². The van der Waals surface area contributed by atoms with Gasteiger partial charge in [-0.2, -0.15) is 36.4 Å². The van der Waals surface area contributed by atoms with E-state index in [2.05, 4.69) is 38.0 Å². The first kappa shape index (κ1) is 61.0. The number of aryl methyl sites for hydroxylation is 8. The number of nitrogens with one attached hydrogen (secondary N) is 6. The van der Waals surface area contributed by atoms with Crippen molar-refractivity contribution in [1.29, 1.82) is 0 Å². The minimum absolute atomic E-state index is 0. The Morgan fingerprint density at radius 1 is 0.389 bits per heavy atom. The first-order chi connectivity index (χ1) is 33.4. The molecule has 7 rings (SSSR count). The van der Waals surface area contributed by atoms with Gasteiger partial charge in [-0.25, -0.2) is 0 Å². The quantitative estimate of drug-likeness (QED) is 0.0855. The van der Waals surface area contributed by atoms with Crippen LogP contribution in [-0.4, -0.2) is 23.6 Å². The van der Waals surface area contributed by atoms with Gasteiger partial charge in [-0.3, -0.25) is 19.2 Å². The second-order valence-corrected chi connectivity index (χ2v) is 17.7. The summed E-state index contributed by atoms with van der Waals surface area (Å²) in [6.45, 7) is 23.0. The first-order valence-corrected chi connectivity index (χ1v) is 23.5. The fraction of sp³-hybridized carbons (Fsp3) is 0.233. The number of hydrogen-bond acceptors (Lipinski definition) is 6. The monoisotopic (exact) mass is 1220 g/mol. The molecule has 0 fully saturated rings. The molecule has 5 aromatic rings. The van der Waals surface area contributed by atoms with E-state index in [-0.39, 0.29) is 105 Å². The minimum atomic E-state index is -0.128. The van der Waals surface area contributed by atoms with Gasteiger partial charge < -0.3 is 31.9 Å². The maximum Gasteiger partial charge on any atom is 0.256 e. The van der Waals surface area contributed by atoms with Crippen molar-refractivity contribution < 1.29 is 101 Å². The molecule has 6 N–H and O–H groups in total. The Morgan fingerprint density at radius 3 is 0.861 bits per heavy atom. The number of carbonyl (C=O) groups is 4. The SMILES string of the molecule is CC(NC(=O)c1c(C)cccc1C)=C1C=CCC(=C(C)NC(=O)c2c(C)cccc2C)N1.CC(NC(=O)c1c(C)cccc1C)=C1C=CCC(=C(C)NC(=O)c2c(C)cccc2C)N1.[Nd].[Nd].[c-]1ccccc1. The van der Waals surface area contributed by atoms with Gasteiger partial charge in [-0.05, 0) is 140 Å². The van der Waals surface area contributed by atoms with Gasteiger partial charge in [0.05, 0.1) is 11.4 Å². The van der Waals surface area contributed by atoms with Gasteiger partial charge in [0.25, 0.3) is 23.6 Å². The van der Waals surface area contributed by atoms with E-state index in [4.69, 9.17) is 0 Å². The molecule has 2 aliphatic rings. The summed E-state index contributed by atoms with van der Waals surface area (Å²) >= 11 is 0. The van der Waals surface area contributed by atoms with E-state index in [0.29, 0.717) is 35.1 Å². The van der Waals surface area contributed by atoms with Gasteiger partial charge in [-0.1, -0.05) is 84.9 Å². The zero-order chi connectivity index (χ0) is 51.1. The summed E-state index contributed by atoms with van der Waals surface area (Å²) in [4.78, 5) is 51.4. The number of benzene rings is 5. The number of allylic oxidation sites excluding steroid dienone is 8. The molecule has 370 valence electrons. The average Bonchev–Trinajstić information content (AvgIpc) is 3.32. The Hall–Kier alpha value is -5.28. The standard InChI is InChI=1S/2C27H31N3O2.C6H5.2Nd/c2*1-16-10-7-11-17(2)24(16)26(31)28-20(5)22-14-9-15-23(30-22)21(6)29-27(32)25-18(3)12-8-13-19(25)4;1-2-4-6-5-3-1;;/h2*7-14,30H,15H2,1-6H3,(H,28,31)(H,29,32);1-5H;;/q;;-1;;. The fourth-order valence-corrected chi connectivity index (χ4v) is 8.28. The van der Waals surface area contributed by atoms with Crippen molar-refractivity contribution in [3.8, 4) is 0 Å². The van der Waals surface area contributed by atoms with Gasteiger partial charge in [0.15, 0.2) is 0 Å². The van der Waals surface area contributed by atoms with Crippen LogP contribution in [0.4, 0.5) is 0 Å². The molecule has 12 heteroatoms. The molecule has 0 saturated heterocycles. The van der Waals surface area contributed by atoms with Crippen LogP contribution in [0.25, 0.3) is 0 Å². The van der Waals surface area contributed by atoms with E-state index >= 15 is 0 Å². The second kappa shape index (κ2) is 29.4. The van der Waals surface area contributed by atoms with Crippen molar-refractivity contribution in [2.45, 2.75) is 95.9 Å². The Kier molecular flexibility index (Phi) is 24.9. The van der Waals surface area contributed by atoms with Crippen LogP contribution >= 0.6 is 0 Å². The summed E-state index contributed by atoms with van der Waals surface area (Å²) in [5.41, 5.74) is 16.7. The van der Waals surface area contributed by atoms with Crippen LogP contribution in [0.3, 0.4) is 0 Å². The third-order valence-electron chi connectivity index (χ3n) is 12.1. The Balaban J connectivity index is 0.000000331.